The van der Waals surface area contributed by atoms with Crippen molar-refractivity contribution in [3.63, 3.8) is 0 Å². The van der Waals surface area contributed by atoms with Gasteiger partial charge in [-0.05, 0) is 146 Å². The van der Waals surface area contributed by atoms with Crippen molar-refractivity contribution in [1.29, 1.82) is 0 Å². The van der Waals surface area contributed by atoms with Crippen LogP contribution in [0.5, 0.6) is 0 Å². The van der Waals surface area contributed by atoms with Gasteiger partial charge in [-0.2, -0.15) is 0 Å². The Kier molecular flexibility index (Phi) is 34.7. The SMILES string of the molecule is CCc1cc(C(C)C)cc(CC)n1.CCc1cc(C(C)C)nc(CC)n1.CCc1cc(CC)cc(C(C)C)c1.CCc1cc(CC)nc(C(C)C)c1.CCc1cc(CC)nc(C(C)C)n1.CCc1nc(CC)nc(C(C)C)n1. The van der Waals surface area contributed by atoms with E-state index in [0.717, 1.165) is 123 Å². The van der Waals surface area contributed by atoms with Gasteiger partial charge in [-0.15, -0.1) is 0 Å². The minimum Gasteiger partial charge on any atom is -0.258 e. The van der Waals surface area contributed by atoms with E-state index in [1.54, 1.807) is 0 Å². The van der Waals surface area contributed by atoms with Gasteiger partial charge in [-0.3, -0.25) is 9.97 Å². The number of hydrogen-bond acceptors (Lipinski definition) is 9. The molecule has 9 heteroatoms. The highest BCUT2D eigenvalue weighted by atomic mass is 15.0. The molecule has 78 heavy (non-hydrogen) atoms. The highest BCUT2D eigenvalue weighted by molar-refractivity contribution is 5.32. The Hall–Kier alpha value is -5.31. The average Bonchev–Trinajstić information content (AvgIpc) is 3.46. The second-order valence-corrected chi connectivity index (χ2v) is 22.0. The zero-order valence-corrected chi connectivity index (χ0v) is 54.2. The fourth-order valence-corrected chi connectivity index (χ4v) is 7.73. The summed E-state index contributed by atoms with van der Waals surface area (Å²) in [5.74, 6) is 7.82. The molecule has 432 valence electrons. The standard InChI is InChI=1S/C13H20.2C12H19N.2C11H18N2.C10H17N3/c1-5-11-7-12(6-2)9-13(8-11)10(3)4;1-5-11-7-10(9(3)4)8-12(6-2)13-11;1-5-10-7-11(6-2)13-12(8-10)9(3)4;1-5-9-7-10(8(3)4)13-11(6-2)12-9;1-5-9-7-10(6-2)13-11(12-9)8(3)4;1-5-8-11-9(6-2)13-10(12-8)7(3)4/h7-10H,5-6H2,1-4H3;2*7-9H,5-6H2,1-4H3;2*7-8H,5-6H2,1-4H3;7H,5-6H2,1-4H3. The van der Waals surface area contributed by atoms with Crippen molar-refractivity contribution in [3.05, 3.63) is 157 Å². The predicted octanol–water partition coefficient (Wildman–Crippen LogP) is 18.2. The molecule has 0 saturated carbocycles. The van der Waals surface area contributed by atoms with Crippen molar-refractivity contribution in [2.24, 2.45) is 0 Å². The molecule has 1 aromatic carbocycles. The molecule has 0 N–H and O–H groups in total. The molecule has 0 bridgehead atoms. The summed E-state index contributed by atoms with van der Waals surface area (Å²) in [6, 6.07) is 20.1. The second kappa shape index (κ2) is 38.3. The Labute approximate surface area is 478 Å². The van der Waals surface area contributed by atoms with Gasteiger partial charge >= 0.3 is 0 Å². The maximum atomic E-state index is 4.60. The molecular weight excluding hydrogens is 955 g/mol. The first-order valence-electron chi connectivity index (χ1n) is 30.6. The Bertz CT molecular complexity index is 2000. The molecule has 5 heterocycles. The van der Waals surface area contributed by atoms with E-state index in [4.69, 9.17) is 0 Å². The van der Waals surface area contributed by atoms with Crippen LogP contribution >= 0.6 is 0 Å². The molecule has 0 saturated heterocycles. The van der Waals surface area contributed by atoms with Gasteiger partial charge in [0.15, 0.2) is 0 Å². The first-order valence-corrected chi connectivity index (χ1v) is 30.6. The normalized spacial score (nSPS) is 10.8. The first kappa shape index (κ1) is 70.7. The summed E-state index contributed by atoms with van der Waals surface area (Å²) in [4.78, 5) is 40.1. The lowest BCUT2D eigenvalue weighted by Gasteiger charge is -2.10. The van der Waals surface area contributed by atoms with E-state index in [2.05, 4.69) is 266 Å². The van der Waals surface area contributed by atoms with E-state index >= 15 is 0 Å². The molecule has 0 aliphatic rings. The van der Waals surface area contributed by atoms with Crippen molar-refractivity contribution in [1.82, 2.24) is 44.9 Å². The molecular formula is C69H111N9. The highest BCUT2D eigenvalue weighted by Crippen LogP contribution is 2.21. The zero-order chi connectivity index (χ0) is 59.1. The summed E-state index contributed by atoms with van der Waals surface area (Å²) >= 11 is 0. The summed E-state index contributed by atoms with van der Waals surface area (Å²) in [6.45, 7) is 51.9. The lowest BCUT2D eigenvalue weighted by Crippen LogP contribution is -2.07. The van der Waals surface area contributed by atoms with Crippen LogP contribution in [0.2, 0.25) is 0 Å². The van der Waals surface area contributed by atoms with Crippen LogP contribution in [0.1, 0.15) is 304 Å². The summed E-state index contributed by atoms with van der Waals surface area (Å²) in [5, 5.41) is 0. The number of hydrogen-bond donors (Lipinski definition) is 0. The van der Waals surface area contributed by atoms with Gasteiger partial charge in [-0.25, -0.2) is 34.9 Å². The summed E-state index contributed by atoms with van der Waals surface area (Å²) in [6.07, 6.45) is 12.2. The monoisotopic (exact) mass is 1070 g/mol. The minimum atomic E-state index is 0.388. The fourth-order valence-electron chi connectivity index (χ4n) is 7.73. The molecule has 0 radical (unpaired) electrons. The maximum Gasteiger partial charge on any atom is 0.135 e. The van der Waals surface area contributed by atoms with E-state index in [-0.39, 0.29) is 0 Å². The number of pyridine rings is 2. The molecule has 0 aliphatic heterocycles. The molecule has 9 nitrogen and oxygen atoms in total. The van der Waals surface area contributed by atoms with E-state index in [0.29, 0.717) is 35.5 Å². The van der Waals surface area contributed by atoms with Gasteiger partial charge in [0.1, 0.15) is 29.1 Å². The van der Waals surface area contributed by atoms with Crippen LogP contribution in [0.4, 0.5) is 0 Å². The summed E-state index contributed by atoms with van der Waals surface area (Å²) < 4.78 is 0. The third-order valence-electron chi connectivity index (χ3n) is 13.3. The van der Waals surface area contributed by atoms with Gasteiger partial charge in [-0.1, -0.05) is 184 Å². The molecule has 0 amide bonds. The predicted molar refractivity (Wildman–Crippen MR) is 336 cm³/mol. The number of rotatable bonds is 18. The Morgan fingerprint density at radius 1 is 0.231 bits per heavy atom. The van der Waals surface area contributed by atoms with Crippen molar-refractivity contribution in [2.75, 3.05) is 0 Å². The van der Waals surface area contributed by atoms with Crippen molar-refractivity contribution >= 4 is 0 Å². The minimum absolute atomic E-state index is 0.388. The van der Waals surface area contributed by atoms with Crippen LogP contribution in [0, 0.1) is 0 Å². The third-order valence-corrected chi connectivity index (χ3v) is 13.3. The van der Waals surface area contributed by atoms with Crippen molar-refractivity contribution in [3.8, 4) is 0 Å². The number of aryl methyl sites for hydroxylation is 12. The molecule has 6 rings (SSSR count). The van der Waals surface area contributed by atoms with Gasteiger partial charge in [0.25, 0.3) is 0 Å². The lowest BCUT2D eigenvalue weighted by atomic mass is 9.96. The first-order chi connectivity index (χ1) is 37.0. The van der Waals surface area contributed by atoms with Crippen molar-refractivity contribution < 1.29 is 0 Å². The average molecular weight is 1070 g/mol. The summed E-state index contributed by atoms with van der Waals surface area (Å²) in [5.41, 5.74) is 16.8. The van der Waals surface area contributed by atoms with Gasteiger partial charge in [0.2, 0.25) is 0 Å². The molecule has 0 fully saturated rings. The number of nitrogens with zero attached hydrogens (tertiary/aromatic N) is 9. The van der Waals surface area contributed by atoms with Crippen LogP contribution in [0.25, 0.3) is 0 Å². The number of benzene rings is 1. The van der Waals surface area contributed by atoms with E-state index in [1.807, 2.05) is 0 Å². The van der Waals surface area contributed by atoms with E-state index < -0.39 is 0 Å². The maximum absolute atomic E-state index is 4.60. The highest BCUT2D eigenvalue weighted by Gasteiger charge is 2.10. The van der Waals surface area contributed by atoms with Gasteiger partial charge in [0.05, 0.1) is 0 Å². The topological polar surface area (TPSA) is 116 Å². The van der Waals surface area contributed by atoms with Crippen LogP contribution in [0.15, 0.2) is 54.6 Å². The summed E-state index contributed by atoms with van der Waals surface area (Å²) in [7, 11) is 0. The van der Waals surface area contributed by atoms with Crippen LogP contribution in [0.3, 0.4) is 0 Å². The van der Waals surface area contributed by atoms with Crippen LogP contribution in [-0.2, 0) is 77.0 Å². The largest absolute Gasteiger partial charge is 0.258 e. The van der Waals surface area contributed by atoms with Crippen LogP contribution in [-0.4, -0.2) is 44.9 Å². The molecule has 5 aromatic heterocycles. The van der Waals surface area contributed by atoms with Crippen LogP contribution < -0.4 is 0 Å². The second-order valence-electron chi connectivity index (χ2n) is 22.0. The third kappa shape index (κ3) is 26.1. The molecule has 0 aliphatic carbocycles. The molecule has 6 aromatic rings. The quantitative estimate of drug-likeness (QED) is 0.0829. The molecule has 0 spiro atoms. The Balaban J connectivity index is 0.000000468. The van der Waals surface area contributed by atoms with Crippen molar-refractivity contribution in [2.45, 2.75) is 279 Å². The Morgan fingerprint density at radius 3 is 0.923 bits per heavy atom. The van der Waals surface area contributed by atoms with E-state index in [9.17, 15) is 0 Å². The molecule has 0 atom stereocenters. The van der Waals surface area contributed by atoms with Gasteiger partial charge in [0, 0.05) is 76.6 Å². The smallest absolute Gasteiger partial charge is 0.135 e. The fraction of sp³-hybridized carbons (Fsp3) is 0.609. The molecule has 0 unspecified atom stereocenters. The van der Waals surface area contributed by atoms with Gasteiger partial charge < -0.3 is 0 Å². The van der Waals surface area contributed by atoms with E-state index in [1.165, 1.54) is 56.3 Å². The zero-order valence-electron chi connectivity index (χ0n) is 54.2. The Morgan fingerprint density at radius 2 is 0.564 bits per heavy atom. The lowest BCUT2D eigenvalue weighted by molar-refractivity contribution is 0.706. The number of aromatic nitrogens is 9.